The molecule has 0 unspecified atom stereocenters. The Morgan fingerprint density at radius 3 is 2.57 bits per heavy atom. The predicted octanol–water partition coefficient (Wildman–Crippen LogP) is 2.56. The monoisotopic (exact) mass is 397 g/mol. The minimum Gasteiger partial charge on any atom is -0.339 e. The first-order valence-electron chi connectivity index (χ1n) is 9.12. The first kappa shape index (κ1) is 18.9. The molecule has 0 aliphatic carbocycles. The molecule has 0 spiro atoms. The number of carbonyl (C=O) groups excluding carboxylic acids is 1. The number of likely N-dealkylation sites (tertiary alicyclic amines) is 1. The maximum atomic E-state index is 13.6. The Morgan fingerprint density at radius 1 is 1.11 bits per heavy atom. The summed E-state index contributed by atoms with van der Waals surface area (Å²) in [5, 5.41) is 11.7. The van der Waals surface area contributed by atoms with Gasteiger partial charge in [0.15, 0.2) is 0 Å². The summed E-state index contributed by atoms with van der Waals surface area (Å²) in [7, 11) is 0. The van der Waals surface area contributed by atoms with Crippen LogP contribution in [0, 0.1) is 5.82 Å². The van der Waals surface area contributed by atoms with Crippen LogP contribution in [0.1, 0.15) is 46.3 Å². The van der Waals surface area contributed by atoms with Crippen LogP contribution in [0.25, 0.3) is 0 Å². The fourth-order valence-corrected chi connectivity index (χ4v) is 3.82. The van der Waals surface area contributed by atoms with Crippen molar-refractivity contribution in [2.24, 2.45) is 0 Å². The summed E-state index contributed by atoms with van der Waals surface area (Å²) in [6.45, 7) is 3.06. The molecule has 0 bridgehead atoms. The second-order valence-electron chi connectivity index (χ2n) is 7.10. The molecule has 0 atom stereocenters. The maximum absolute atomic E-state index is 13.6. The Labute approximate surface area is 158 Å². The second-order valence-corrected chi connectivity index (χ2v) is 7.10. The fourth-order valence-electron chi connectivity index (χ4n) is 3.82. The van der Waals surface area contributed by atoms with E-state index in [0.29, 0.717) is 44.6 Å². The van der Waals surface area contributed by atoms with Gasteiger partial charge in [-0.3, -0.25) is 4.79 Å². The lowest BCUT2D eigenvalue weighted by Crippen LogP contribution is -2.39. The van der Waals surface area contributed by atoms with Crippen LogP contribution in [0.4, 0.5) is 17.6 Å². The molecule has 6 nitrogen and oxygen atoms in total. The van der Waals surface area contributed by atoms with Gasteiger partial charge < -0.3 is 14.8 Å². The highest BCUT2D eigenvalue weighted by Crippen LogP contribution is 2.32. The average molecular weight is 397 g/mol. The number of alkyl halides is 3. The lowest BCUT2D eigenvalue weighted by molar-refractivity contribution is -0.137. The molecule has 28 heavy (non-hydrogen) atoms. The average Bonchev–Trinajstić information content (AvgIpc) is 3.10. The largest absolute Gasteiger partial charge is 0.416 e. The zero-order valence-corrected chi connectivity index (χ0v) is 15.0. The number of nitrogens with zero attached hydrogens (tertiary/aromatic N) is 4. The molecule has 4 rings (SSSR count). The zero-order valence-electron chi connectivity index (χ0n) is 15.0. The van der Waals surface area contributed by atoms with Gasteiger partial charge in [0, 0.05) is 37.7 Å². The van der Waals surface area contributed by atoms with Gasteiger partial charge >= 0.3 is 6.18 Å². The van der Waals surface area contributed by atoms with Gasteiger partial charge in [0.1, 0.15) is 17.5 Å². The lowest BCUT2D eigenvalue weighted by atomic mass is 9.95. The molecule has 1 aromatic carbocycles. The van der Waals surface area contributed by atoms with Crippen molar-refractivity contribution in [3.05, 3.63) is 46.8 Å². The zero-order chi connectivity index (χ0) is 19.9. The lowest BCUT2D eigenvalue weighted by Gasteiger charge is -2.32. The summed E-state index contributed by atoms with van der Waals surface area (Å²) in [5.74, 6) is 0.266. The van der Waals surface area contributed by atoms with Crippen LogP contribution in [0.5, 0.6) is 0 Å². The number of hydrogen-bond donors (Lipinski definition) is 1. The van der Waals surface area contributed by atoms with Gasteiger partial charge in [-0.05, 0) is 31.0 Å². The maximum Gasteiger partial charge on any atom is 0.416 e. The Balaban J connectivity index is 1.46. The van der Waals surface area contributed by atoms with Crippen LogP contribution in [-0.2, 0) is 19.3 Å². The van der Waals surface area contributed by atoms with Crippen LogP contribution >= 0.6 is 0 Å². The van der Waals surface area contributed by atoms with Crippen LogP contribution in [0.15, 0.2) is 18.2 Å². The normalized spacial score (nSPS) is 18.2. The van der Waals surface area contributed by atoms with Gasteiger partial charge in [-0.25, -0.2) is 4.39 Å². The van der Waals surface area contributed by atoms with Crippen LogP contribution < -0.4 is 5.32 Å². The summed E-state index contributed by atoms with van der Waals surface area (Å²) in [6, 6.07) is 1.96. The van der Waals surface area contributed by atoms with Crippen molar-refractivity contribution in [1.82, 2.24) is 25.0 Å². The second kappa shape index (κ2) is 7.16. The van der Waals surface area contributed by atoms with Gasteiger partial charge in [-0.15, -0.1) is 10.2 Å². The Hall–Kier alpha value is -2.49. The van der Waals surface area contributed by atoms with E-state index >= 15 is 0 Å². The summed E-state index contributed by atoms with van der Waals surface area (Å²) in [6.07, 6.45) is -3.43. The fraction of sp³-hybridized carbons (Fsp3) is 0.500. The van der Waals surface area contributed by atoms with Gasteiger partial charge in [0.2, 0.25) is 0 Å². The van der Waals surface area contributed by atoms with Crippen LogP contribution in [0.3, 0.4) is 0 Å². The highest BCUT2D eigenvalue weighted by atomic mass is 19.4. The molecule has 0 saturated carbocycles. The number of fused-ring (bicyclic) bond motifs is 1. The molecule has 3 heterocycles. The molecule has 150 valence electrons. The van der Waals surface area contributed by atoms with E-state index in [4.69, 9.17) is 0 Å². The molecule has 1 amide bonds. The number of hydrogen-bond acceptors (Lipinski definition) is 4. The van der Waals surface area contributed by atoms with Crippen LogP contribution in [-0.4, -0.2) is 45.2 Å². The summed E-state index contributed by atoms with van der Waals surface area (Å²) < 4.78 is 54.4. The van der Waals surface area contributed by atoms with Gasteiger partial charge in [-0.2, -0.15) is 13.2 Å². The quantitative estimate of drug-likeness (QED) is 0.792. The van der Waals surface area contributed by atoms with Crippen molar-refractivity contribution >= 4 is 5.91 Å². The summed E-state index contributed by atoms with van der Waals surface area (Å²) in [5.41, 5.74) is -1.44. The van der Waals surface area contributed by atoms with Gasteiger partial charge in [0.05, 0.1) is 12.1 Å². The summed E-state index contributed by atoms with van der Waals surface area (Å²) >= 11 is 0. The van der Waals surface area contributed by atoms with E-state index in [-0.39, 0.29) is 11.5 Å². The molecule has 1 aromatic heterocycles. The third-order valence-electron chi connectivity index (χ3n) is 5.27. The smallest absolute Gasteiger partial charge is 0.339 e. The molecule has 2 aliphatic heterocycles. The number of benzene rings is 1. The number of rotatable bonds is 2. The van der Waals surface area contributed by atoms with Crippen LogP contribution in [0.2, 0.25) is 0 Å². The number of amides is 1. The Kier molecular flexibility index (Phi) is 4.82. The molecule has 1 saturated heterocycles. The minimum atomic E-state index is -4.70. The van der Waals surface area contributed by atoms with Crippen molar-refractivity contribution in [1.29, 1.82) is 0 Å². The number of halogens is 4. The van der Waals surface area contributed by atoms with Gasteiger partial charge in [-0.1, -0.05) is 0 Å². The first-order valence-corrected chi connectivity index (χ1v) is 9.12. The molecule has 10 heteroatoms. The SMILES string of the molecule is O=C(c1cc(F)cc(C(F)(F)F)c1)N1CCC(c2nnc3n2CCNC3)CC1. The van der Waals surface area contributed by atoms with Crippen molar-refractivity contribution in [2.45, 2.75) is 38.0 Å². The highest BCUT2D eigenvalue weighted by Gasteiger charge is 2.33. The van der Waals surface area contributed by atoms with E-state index in [1.54, 1.807) is 0 Å². The molecule has 2 aromatic rings. The summed E-state index contributed by atoms with van der Waals surface area (Å²) in [4.78, 5) is 14.1. The van der Waals surface area contributed by atoms with Gasteiger partial charge in [0.25, 0.3) is 5.91 Å². The number of aromatic nitrogens is 3. The molecular weight excluding hydrogens is 378 g/mol. The first-order chi connectivity index (χ1) is 13.3. The Bertz CT molecular complexity index is 887. The number of piperidine rings is 1. The molecule has 1 fully saturated rings. The third-order valence-corrected chi connectivity index (χ3v) is 5.27. The topological polar surface area (TPSA) is 63.1 Å². The van der Waals surface area contributed by atoms with Crippen molar-refractivity contribution < 1.29 is 22.4 Å². The molecule has 2 aliphatic rings. The van der Waals surface area contributed by atoms with E-state index in [2.05, 4.69) is 20.1 Å². The van der Waals surface area contributed by atoms with E-state index in [9.17, 15) is 22.4 Å². The standard InChI is InChI=1S/C18H19F4N5O/c19-14-8-12(7-13(9-14)18(20,21)22)17(28)26-4-1-11(2-5-26)16-25-24-15-10-23-3-6-27(15)16/h7-9,11,23H,1-6,10H2. The van der Waals surface area contributed by atoms with E-state index < -0.39 is 23.5 Å². The van der Waals surface area contributed by atoms with E-state index in [1.807, 2.05) is 0 Å². The van der Waals surface area contributed by atoms with Crippen molar-refractivity contribution in [3.63, 3.8) is 0 Å². The number of nitrogens with one attached hydrogen (secondary N) is 1. The van der Waals surface area contributed by atoms with E-state index in [1.165, 1.54) is 4.90 Å². The highest BCUT2D eigenvalue weighted by molar-refractivity contribution is 5.94. The van der Waals surface area contributed by atoms with Crippen molar-refractivity contribution in [3.8, 4) is 0 Å². The predicted molar refractivity (Wildman–Crippen MR) is 91.0 cm³/mol. The molecule has 1 N–H and O–H groups in total. The Morgan fingerprint density at radius 2 is 1.86 bits per heavy atom. The minimum absolute atomic E-state index is 0.140. The number of carbonyl (C=O) groups is 1. The molecule has 0 radical (unpaired) electrons. The third kappa shape index (κ3) is 3.60. The van der Waals surface area contributed by atoms with Crippen molar-refractivity contribution in [2.75, 3.05) is 19.6 Å². The van der Waals surface area contributed by atoms with E-state index in [0.717, 1.165) is 30.8 Å². The molecular formula is C18H19F4N5O.